The molecule has 0 spiro atoms. The normalized spacial score (nSPS) is 11.6. The molecule has 0 aliphatic rings. The fourth-order valence-electron chi connectivity index (χ4n) is 2.59. The number of carbonyl (C=O) groups is 2. The van der Waals surface area contributed by atoms with E-state index in [-0.39, 0.29) is 17.5 Å². The minimum absolute atomic E-state index is 0.00725. The van der Waals surface area contributed by atoms with Gasteiger partial charge < -0.3 is 10.4 Å². The Kier molecular flexibility index (Phi) is 5.69. The average molecular weight is 369 g/mol. The SMILES string of the molecule is CCC(CC)C(=O)Nc1cccc(-n2ncc(C(=O)O)c2C(F)(F)F)c1. The van der Waals surface area contributed by atoms with E-state index in [1.165, 1.54) is 18.2 Å². The van der Waals surface area contributed by atoms with E-state index < -0.39 is 23.4 Å². The van der Waals surface area contributed by atoms with Crippen LogP contribution < -0.4 is 5.32 Å². The zero-order chi connectivity index (χ0) is 19.5. The number of halogens is 3. The van der Waals surface area contributed by atoms with Crippen LogP contribution in [0.3, 0.4) is 0 Å². The largest absolute Gasteiger partial charge is 0.478 e. The third kappa shape index (κ3) is 4.04. The van der Waals surface area contributed by atoms with E-state index in [0.717, 1.165) is 0 Å². The Bertz CT molecular complexity index is 811. The van der Waals surface area contributed by atoms with E-state index in [1.54, 1.807) is 6.07 Å². The number of anilines is 1. The van der Waals surface area contributed by atoms with E-state index >= 15 is 0 Å². The molecule has 0 bridgehead atoms. The lowest BCUT2D eigenvalue weighted by Crippen LogP contribution is -2.22. The lowest BCUT2D eigenvalue weighted by Gasteiger charge is -2.15. The zero-order valence-corrected chi connectivity index (χ0v) is 14.2. The molecule has 0 fully saturated rings. The number of amides is 1. The van der Waals surface area contributed by atoms with Crippen molar-refractivity contribution in [2.45, 2.75) is 32.9 Å². The summed E-state index contributed by atoms with van der Waals surface area (Å²) in [6, 6.07) is 5.66. The first-order valence-electron chi connectivity index (χ1n) is 7.98. The molecule has 0 atom stereocenters. The van der Waals surface area contributed by atoms with Gasteiger partial charge in [-0.3, -0.25) is 4.79 Å². The molecule has 2 rings (SSSR count). The van der Waals surface area contributed by atoms with Gasteiger partial charge in [0.25, 0.3) is 0 Å². The molecular formula is C17H18F3N3O3. The summed E-state index contributed by atoms with van der Waals surface area (Å²) < 4.78 is 40.4. The molecule has 0 saturated carbocycles. The fraction of sp³-hybridized carbons (Fsp3) is 0.353. The van der Waals surface area contributed by atoms with Gasteiger partial charge in [0, 0.05) is 11.6 Å². The molecule has 2 aromatic rings. The van der Waals surface area contributed by atoms with Crippen molar-refractivity contribution < 1.29 is 27.9 Å². The van der Waals surface area contributed by atoms with Gasteiger partial charge in [-0.05, 0) is 31.0 Å². The molecule has 0 radical (unpaired) electrons. The average Bonchev–Trinajstić information content (AvgIpc) is 3.02. The Hall–Kier alpha value is -2.84. The van der Waals surface area contributed by atoms with Gasteiger partial charge >= 0.3 is 12.1 Å². The number of aromatic nitrogens is 2. The van der Waals surface area contributed by atoms with Gasteiger partial charge in [-0.1, -0.05) is 19.9 Å². The highest BCUT2D eigenvalue weighted by Gasteiger charge is 2.40. The Morgan fingerprint density at radius 2 is 1.92 bits per heavy atom. The van der Waals surface area contributed by atoms with E-state index in [2.05, 4.69) is 10.4 Å². The number of hydrogen-bond donors (Lipinski definition) is 2. The maximum Gasteiger partial charge on any atom is 0.434 e. The molecule has 9 heteroatoms. The Labute approximate surface area is 147 Å². The number of rotatable bonds is 6. The minimum atomic E-state index is -4.90. The van der Waals surface area contributed by atoms with Crippen LogP contribution in [0.15, 0.2) is 30.5 Å². The number of alkyl halides is 3. The highest BCUT2D eigenvalue weighted by Crippen LogP contribution is 2.34. The number of aromatic carboxylic acids is 1. The highest BCUT2D eigenvalue weighted by atomic mass is 19.4. The van der Waals surface area contributed by atoms with Gasteiger partial charge in [-0.2, -0.15) is 18.3 Å². The van der Waals surface area contributed by atoms with Crippen molar-refractivity contribution in [1.29, 1.82) is 0 Å². The highest BCUT2D eigenvalue weighted by molar-refractivity contribution is 5.93. The summed E-state index contributed by atoms with van der Waals surface area (Å²) in [6.07, 6.45) is -2.97. The third-order valence-corrected chi connectivity index (χ3v) is 3.98. The molecule has 0 unspecified atom stereocenters. The van der Waals surface area contributed by atoms with Crippen molar-refractivity contribution >= 4 is 17.6 Å². The molecule has 1 aromatic heterocycles. The maximum absolute atomic E-state index is 13.3. The van der Waals surface area contributed by atoms with Crippen LogP contribution in [0.2, 0.25) is 0 Å². The molecular weight excluding hydrogens is 351 g/mol. The Morgan fingerprint density at radius 3 is 2.46 bits per heavy atom. The maximum atomic E-state index is 13.3. The predicted molar refractivity (Wildman–Crippen MR) is 88.2 cm³/mol. The van der Waals surface area contributed by atoms with Gasteiger partial charge in [0.1, 0.15) is 5.56 Å². The molecule has 0 aliphatic heterocycles. The van der Waals surface area contributed by atoms with Crippen LogP contribution in [0.5, 0.6) is 0 Å². The van der Waals surface area contributed by atoms with Crippen molar-refractivity contribution in [3.63, 3.8) is 0 Å². The second-order valence-electron chi connectivity index (χ2n) is 5.67. The summed E-state index contributed by atoms with van der Waals surface area (Å²) in [5.41, 5.74) is -2.02. The lowest BCUT2D eigenvalue weighted by molar-refractivity contribution is -0.143. The second kappa shape index (κ2) is 7.59. The first kappa shape index (κ1) is 19.5. The van der Waals surface area contributed by atoms with E-state index in [0.29, 0.717) is 29.4 Å². The molecule has 1 amide bonds. The Balaban J connectivity index is 2.43. The summed E-state index contributed by atoms with van der Waals surface area (Å²) in [7, 11) is 0. The first-order valence-corrected chi connectivity index (χ1v) is 7.98. The smallest absolute Gasteiger partial charge is 0.434 e. The van der Waals surface area contributed by atoms with Crippen LogP contribution in [0.1, 0.15) is 42.7 Å². The van der Waals surface area contributed by atoms with Crippen molar-refractivity contribution in [2.75, 3.05) is 5.32 Å². The number of nitrogens with zero attached hydrogens (tertiary/aromatic N) is 2. The monoisotopic (exact) mass is 369 g/mol. The molecule has 1 heterocycles. The molecule has 26 heavy (non-hydrogen) atoms. The zero-order valence-electron chi connectivity index (χ0n) is 14.2. The number of hydrogen-bond acceptors (Lipinski definition) is 3. The minimum Gasteiger partial charge on any atom is -0.478 e. The first-order chi connectivity index (χ1) is 12.2. The van der Waals surface area contributed by atoms with Gasteiger partial charge in [-0.15, -0.1) is 0 Å². The number of carboxylic acid groups (broad SMARTS) is 1. The second-order valence-corrected chi connectivity index (χ2v) is 5.67. The van der Waals surface area contributed by atoms with Crippen molar-refractivity contribution in [1.82, 2.24) is 9.78 Å². The van der Waals surface area contributed by atoms with E-state index in [1.807, 2.05) is 13.8 Å². The summed E-state index contributed by atoms with van der Waals surface area (Å²) in [6.45, 7) is 3.74. The number of carbonyl (C=O) groups excluding carboxylic acids is 1. The summed E-state index contributed by atoms with van der Waals surface area (Å²) in [5, 5.41) is 15.2. The van der Waals surface area contributed by atoms with Crippen molar-refractivity contribution in [3.05, 3.63) is 41.7 Å². The molecule has 2 N–H and O–H groups in total. The lowest BCUT2D eigenvalue weighted by atomic mass is 10.0. The molecule has 0 aliphatic carbocycles. The van der Waals surface area contributed by atoms with Crippen LogP contribution in [-0.2, 0) is 11.0 Å². The van der Waals surface area contributed by atoms with Crippen LogP contribution in [-0.4, -0.2) is 26.8 Å². The summed E-state index contributed by atoms with van der Waals surface area (Å²) in [5.74, 6) is -2.15. The van der Waals surface area contributed by atoms with Gasteiger partial charge in [0.15, 0.2) is 5.69 Å². The topological polar surface area (TPSA) is 84.2 Å². The van der Waals surface area contributed by atoms with Crippen molar-refractivity contribution in [3.8, 4) is 5.69 Å². The van der Waals surface area contributed by atoms with E-state index in [9.17, 15) is 22.8 Å². The van der Waals surface area contributed by atoms with Crippen LogP contribution in [0.4, 0.5) is 18.9 Å². The van der Waals surface area contributed by atoms with Crippen LogP contribution in [0, 0.1) is 5.92 Å². The van der Waals surface area contributed by atoms with Gasteiger partial charge in [0.2, 0.25) is 5.91 Å². The number of nitrogens with one attached hydrogen (secondary N) is 1. The van der Waals surface area contributed by atoms with Gasteiger partial charge in [-0.25, -0.2) is 9.48 Å². The van der Waals surface area contributed by atoms with Gasteiger partial charge in [0.05, 0.1) is 11.9 Å². The van der Waals surface area contributed by atoms with Crippen LogP contribution >= 0.6 is 0 Å². The fourth-order valence-corrected chi connectivity index (χ4v) is 2.59. The number of carboxylic acids is 1. The molecule has 140 valence electrons. The summed E-state index contributed by atoms with van der Waals surface area (Å²) >= 11 is 0. The summed E-state index contributed by atoms with van der Waals surface area (Å²) in [4.78, 5) is 23.2. The standard InChI is InChI=1S/C17H18F3N3O3/c1-3-10(4-2)15(24)22-11-6-5-7-12(8-11)23-14(17(18,19)20)13(9-21-23)16(25)26/h5-10H,3-4H2,1-2H3,(H,22,24)(H,25,26). The molecule has 1 aromatic carbocycles. The molecule has 6 nitrogen and oxygen atoms in total. The quantitative estimate of drug-likeness (QED) is 0.807. The third-order valence-electron chi connectivity index (χ3n) is 3.98. The Morgan fingerprint density at radius 1 is 1.27 bits per heavy atom. The molecule has 0 saturated heterocycles. The number of benzene rings is 1. The van der Waals surface area contributed by atoms with Crippen molar-refractivity contribution in [2.24, 2.45) is 5.92 Å². The predicted octanol–water partition coefficient (Wildman–Crippen LogP) is 3.96. The van der Waals surface area contributed by atoms with Crippen LogP contribution in [0.25, 0.3) is 5.69 Å². The van der Waals surface area contributed by atoms with E-state index in [4.69, 9.17) is 5.11 Å².